The van der Waals surface area contributed by atoms with Crippen molar-refractivity contribution in [3.63, 3.8) is 0 Å². The molecular weight excluding hydrogens is 262 g/mol. The summed E-state index contributed by atoms with van der Waals surface area (Å²) >= 11 is 0. The molecular formula is C13H15N3O2S. The molecule has 100 valence electrons. The van der Waals surface area contributed by atoms with Crippen molar-refractivity contribution >= 4 is 15.5 Å². The number of unbranched alkanes of at least 4 members (excludes halogenated alkanes) is 1. The summed E-state index contributed by atoms with van der Waals surface area (Å²) in [5.74, 6) is -0.0348. The van der Waals surface area contributed by atoms with Crippen molar-refractivity contribution in [1.29, 1.82) is 5.26 Å². The van der Waals surface area contributed by atoms with Crippen molar-refractivity contribution in [2.45, 2.75) is 25.5 Å². The van der Waals surface area contributed by atoms with Gasteiger partial charge in [0.25, 0.3) is 0 Å². The Morgan fingerprint density at radius 2 is 2.26 bits per heavy atom. The summed E-state index contributed by atoms with van der Waals surface area (Å²) in [6.45, 7) is 1.94. The molecule has 2 rings (SSSR count). The lowest BCUT2D eigenvalue weighted by atomic mass is 10.3. The highest BCUT2D eigenvalue weighted by molar-refractivity contribution is 7.90. The van der Waals surface area contributed by atoms with E-state index in [9.17, 15) is 8.42 Å². The number of imidazole rings is 1. The van der Waals surface area contributed by atoms with E-state index >= 15 is 0 Å². The topological polar surface area (TPSA) is 75.2 Å². The lowest BCUT2D eigenvalue weighted by Gasteiger charge is -1.99. The predicted octanol–water partition coefficient (Wildman–Crippen LogP) is 1.86. The molecule has 2 aromatic rings. The zero-order chi connectivity index (χ0) is 13.9. The van der Waals surface area contributed by atoms with Gasteiger partial charge in [0.1, 0.15) is 5.65 Å². The zero-order valence-electron chi connectivity index (χ0n) is 10.7. The van der Waals surface area contributed by atoms with Crippen LogP contribution >= 0.6 is 0 Å². The van der Waals surface area contributed by atoms with Gasteiger partial charge in [0.05, 0.1) is 23.3 Å². The molecule has 2 heterocycles. The van der Waals surface area contributed by atoms with E-state index in [0.717, 1.165) is 11.2 Å². The summed E-state index contributed by atoms with van der Waals surface area (Å²) in [6, 6.07) is 5.78. The van der Waals surface area contributed by atoms with Crippen LogP contribution in [0.2, 0.25) is 0 Å². The molecule has 0 unspecified atom stereocenters. The van der Waals surface area contributed by atoms with Crippen LogP contribution in [0.25, 0.3) is 5.65 Å². The minimum atomic E-state index is -3.19. The quantitative estimate of drug-likeness (QED) is 0.782. The number of fused-ring (bicyclic) bond motifs is 1. The second-order valence-corrected chi connectivity index (χ2v) is 6.69. The highest BCUT2D eigenvalue weighted by atomic mass is 32.2. The summed E-state index contributed by atoms with van der Waals surface area (Å²) in [7, 11) is -3.19. The molecule has 0 fully saturated rings. The molecule has 0 saturated heterocycles. The molecule has 2 aromatic heterocycles. The van der Waals surface area contributed by atoms with Crippen LogP contribution in [0.5, 0.6) is 0 Å². The summed E-state index contributed by atoms with van der Waals surface area (Å²) in [4.78, 5) is 4.34. The minimum Gasteiger partial charge on any atom is -0.307 e. The third kappa shape index (κ3) is 3.32. The molecule has 6 heteroatoms. The fraction of sp³-hybridized carbons (Fsp3) is 0.385. The third-order valence-electron chi connectivity index (χ3n) is 2.84. The molecule has 0 bridgehead atoms. The van der Waals surface area contributed by atoms with E-state index in [2.05, 4.69) is 4.98 Å². The first-order chi connectivity index (χ1) is 9.02. The van der Waals surface area contributed by atoms with Crippen LogP contribution in [0.15, 0.2) is 24.5 Å². The number of nitriles is 1. The molecule has 0 aliphatic carbocycles. The van der Waals surface area contributed by atoms with Gasteiger partial charge in [-0.05, 0) is 25.0 Å². The van der Waals surface area contributed by atoms with Gasteiger partial charge < -0.3 is 4.40 Å². The van der Waals surface area contributed by atoms with Crippen LogP contribution in [0, 0.1) is 18.3 Å². The first-order valence-electron chi connectivity index (χ1n) is 6.02. The van der Waals surface area contributed by atoms with E-state index in [1.54, 1.807) is 6.20 Å². The lowest BCUT2D eigenvalue weighted by Crippen LogP contribution is -2.09. The Morgan fingerprint density at radius 3 is 2.95 bits per heavy atom. The molecule has 0 radical (unpaired) electrons. The normalized spacial score (nSPS) is 11.6. The Hall–Kier alpha value is -1.87. The summed E-state index contributed by atoms with van der Waals surface area (Å²) in [5.41, 5.74) is 2.34. The van der Waals surface area contributed by atoms with Crippen molar-refractivity contribution in [3.8, 4) is 6.07 Å². The average Bonchev–Trinajstić information content (AvgIpc) is 2.72. The molecule has 0 atom stereocenters. The van der Waals surface area contributed by atoms with E-state index in [0.29, 0.717) is 12.1 Å². The minimum absolute atomic E-state index is 0.0351. The summed E-state index contributed by atoms with van der Waals surface area (Å²) < 4.78 is 25.6. The van der Waals surface area contributed by atoms with Gasteiger partial charge in [0.15, 0.2) is 9.84 Å². The van der Waals surface area contributed by atoms with Crippen LogP contribution in [0.3, 0.4) is 0 Å². The smallest absolute Gasteiger partial charge is 0.156 e. The maximum atomic E-state index is 11.9. The second-order valence-electron chi connectivity index (χ2n) is 4.51. The average molecular weight is 277 g/mol. The highest BCUT2D eigenvalue weighted by Gasteiger charge is 2.14. The van der Waals surface area contributed by atoms with Gasteiger partial charge in [-0.25, -0.2) is 13.4 Å². The first kappa shape index (κ1) is 13.6. The number of hydrogen-bond acceptors (Lipinski definition) is 4. The molecule has 0 aromatic carbocycles. The largest absolute Gasteiger partial charge is 0.307 e. The monoisotopic (exact) mass is 277 g/mol. The Labute approximate surface area is 112 Å². The molecule has 5 nitrogen and oxygen atoms in total. The van der Waals surface area contributed by atoms with Crippen molar-refractivity contribution in [3.05, 3.63) is 35.8 Å². The van der Waals surface area contributed by atoms with Crippen molar-refractivity contribution < 1.29 is 8.42 Å². The fourth-order valence-corrected chi connectivity index (χ4v) is 3.26. The van der Waals surface area contributed by atoms with Gasteiger partial charge in [-0.3, -0.25) is 0 Å². The van der Waals surface area contributed by atoms with Crippen molar-refractivity contribution in [2.24, 2.45) is 0 Å². The fourth-order valence-electron chi connectivity index (χ4n) is 1.94. The van der Waals surface area contributed by atoms with Crippen LogP contribution in [-0.4, -0.2) is 23.6 Å². The van der Waals surface area contributed by atoms with E-state index < -0.39 is 9.84 Å². The Kier molecular flexibility index (Phi) is 3.86. The van der Waals surface area contributed by atoms with E-state index in [1.807, 2.05) is 35.7 Å². The maximum Gasteiger partial charge on any atom is 0.156 e. The molecule has 0 aliphatic heterocycles. The van der Waals surface area contributed by atoms with Crippen LogP contribution in [0.1, 0.15) is 24.1 Å². The van der Waals surface area contributed by atoms with Crippen LogP contribution < -0.4 is 0 Å². The van der Waals surface area contributed by atoms with Crippen LogP contribution in [-0.2, 0) is 15.6 Å². The van der Waals surface area contributed by atoms with Gasteiger partial charge >= 0.3 is 0 Å². The summed E-state index contributed by atoms with van der Waals surface area (Å²) in [6.07, 6.45) is 4.24. The Bertz CT molecular complexity index is 726. The van der Waals surface area contributed by atoms with E-state index in [4.69, 9.17) is 5.26 Å². The summed E-state index contributed by atoms with van der Waals surface area (Å²) in [5, 5.41) is 8.42. The Morgan fingerprint density at radius 1 is 1.47 bits per heavy atom. The van der Waals surface area contributed by atoms with Crippen molar-refractivity contribution in [1.82, 2.24) is 9.38 Å². The number of rotatable bonds is 5. The van der Waals surface area contributed by atoms with Gasteiger partial charge in [-0.1, -0.05) is 6.07 Å². The van der Waals surface area contributed by atoms with Gasteiger partial charge in [0.2, 0.25) is 0 Å². The number of nitrogens with zero attached hydrogens (tertiary/aromatic N) is 3. The number of sulfone groups is 1. The molecule has 0 aliphatic rings. The lowest BCUT2D eigenvalue weighted by molar-refractivity contribution is 0.592. The van der Waals surface area contributed by atoms with Gasteiger partial charge in [0, 0.05) is 18.8 Å². The van der Waals surface area contributed by atoms with Gasteiger partial charge in [-0.2, -0.15) is 5.26 Å². The highest BCUT2D eigenvalue weighted by Crippen LogP contribution is 2.13. The number of aromatic nitrogens is 2. The van der Waals surface area contributed by atoms with Gasteiger partial charge in [-0.15, -0.1) is 0 Å². The predicted molar refractivity (Wildman–Crippen MR) is 72.3 cm³/mol. The Balaban J connectivity index is 2.17. The molecule has 19 heavy (non-hydrogen) atoms. The number of pyridine rings is 1. The molecule has 0 N–H and O–H groups in total. The number of hydrogen-bond donors (Lipinski definition) is 0. The molecule has 0 spiro atoms. The molecule has 0 amide bonds. The van der Waals surface area contributed by atoms with E-state index in [1.165, 1.54) is 0 Å². The van der Waals surface area contributed by atoms with Crippen molar-refractivity contribution in [2.75, 3.05) is 5.75 Å². The SMILES string of the molecule is Cc1cccn2cc(CS(=O)(=O)CCCC#N)nc12. The zero-order valence-corrected chi connectivity index (χ0v) is 11.5. The first-order valence-corrected chi connectivity index (χ1v) is 7.84. The maximum absolute atomic E-state index is 11.9. The third-order valence-corrected chi connectivity index (χ3v) is 4.49. The van der Waals surface area contributed by atoms with E-state index in [-0.39, 0.29) is 17.9 Å². The molecule has 0 saturated carbocycles. The standard InChI is InChI=1S/C13H15N3O2S/c1-11-5-4-7-16-9-12(15-13(11)16)10-19(17,18)8-3-2-6-14/h4-5,7,9H,2-3,8,10H2,1H3. The van der Waals surface area contributed by atoms with Crippen LogP contribution in [0.4, 0.5) is 0 Å². The number of aryl methyl sites for hydroxylation is 1. The second kappa shape index (κ2) is 5.41.